The van der Waals surface area contributed by atoms with Crippen LogP contribution in [-0.4, -0.2) is 46.7 Å². The minimum absolute atomic E-state index is 0.0230. The fourth-order valence-electron chi connectivity index (χ4n) is 4.01. The largest absolute Gasteiger partial charge is 0.381 e. The number of carbonyl (C=O) groups is 1. The van der Waals surface area contributed by atoms with Gasteiger partial charge < -0.3 is 19.9 Å². The lowest BCUT2D eigenvalue weighted by atomic mass is 9.82. The van der Waals surface area contributed by atoms with Gasteiger partial charge in [-0.2, -0.15) is 0 Å². The van der Waals surface area contributed by atoms with E-state index in [1.54, 1.807) is 11.3 Å². The molecule has 1 saturated heterocycles. The van der Waals surface area contributed by atoms with E-state index >= 15 is 0 Å². The zero-order chi connectivity index (χ0) is 18.9. The summed E-state index contributed by atoms with van der Waals surface area (Å²) in [6.07, 6.45) is 4.60. The zero-order valence-corrected chi connectivity index (χ0v) is 16.8. The van der Waals surface area contributed by atoms with Crippen molar-refractivity contribution in [2.45, 2.75) is 51.1 Å². The molecule has 0 saturated carbocycles. The highest BCUT2D eigenvalue weighted by atomic mass is 32.1. The van der Waals surface area contributed by atoms with Crippen LogP contribution in [0.15, 0.2) is 11.7 Å². The number of aromatic nitrogens is 3. The molecule has 146 valence electrons. The van der Waals surface area contributed by atoms with Crippen molar-refractivity contribution in [3.63, 3.8) is 0 Å². The molecule has 1 fully saturated rings. The van der Waals surface area contributed by atoms with E-state index in [4.69, 9.17) is 4.74 Å². The van der Waals surface area contributed by atoms with E-state index in [-0.39, 0.29) is 17.4 Å². The van der Waals surface area contributed by atoms with Gasteiger partial charge in [-0.15, -0.1) is 11.3 Å². The second kappa shape index (κ2) is 7.69. The molecule has 2 N–H and O–H groups in total. The number of rotatable bonds is 5. The number of amides is 1. The summed E-state index contributed by atoms with van der Waals surface area (Å²) >= 11 is 1.65. The van der Waals surface area contributed by atoms with Crippen LogP contribution in [0, 0.1) is 6.92 Å². The molecule has 0 aliphatic carbocycles. The Morgan fingerprint density at radius 1 is 1.48 bits per heavy atom. The summed E-state index contributed by atoms with van der Waals surface area (Å²) in [5.41, 5.74) is 3.25. The third-order valence-corrected chi connectivity index (χ3v) is 6.74. The molecule has 2 aromatic rings. The smallest absolute Gasteiger partial charge is 0.240 e. The first-order valence-electron chi connectivity index (χ1n) is 9.63. The first-order chi connectivity index (χ1) is 13.1. The first-order valence-corrected chi connectivity index (χ1v) is 10.5. The molecule has 0 aromatic carbocycles. The Bertz CT molecular complexity index is 809. The molecule has 0 bridgehead atoms. The van der Waals surface area contributed by atoms with Gasteiger partial charge in [0.1, 0.15) is 6.54 Å². The van der Waals surface area contributed by atoms with Crippen LogP contribution < -0.4 is 10.6 Å². The average molecular weight is 390 g/mol. The van der Waals surface area contributed by atoms with Crippen LogP contribution in [0.2, 0.25) is 0 Å². The van der Waals surface area contributed by atoms with Crippen LogP contribution >= 0.6 is 11.3 Å². The molecule has 2 aliphatic rings. The van der Waals surface area contributed by atoms with Gasteiger partial charge >= 0.3 is 0 Å². The second-order valence-corrected chi connectivity index (χ2v) is 8.46. The fourth-order valence-corrected chi connectivity index (χ4v) is 4.86. The normalized spacial score (nSPS) is 19.6. The third-order valence-electron chi connectivity index (χ3n) is 5.55. The Morgan fingerprint density at radius 3 is 3.04 bits per heavy atom. The Balaban J connectivity index is 1.39. The Kier molecular flexibility index (Phi) is 5.29. The van der Waals surface area contributed by atoms with Crippen molar-refractivity contribution in [1.82, 2.24) is 25.2 Å². The van der Waals surface area contributed by atoms with Crippen molar-refractivity contribution in [2.75, 3.05) is 26.3 Å². The highest BCUT2D eigenvalue weighted by Gasteiger charge is 2.40. The van der Waals surface area contributed by atoms with Gasteiger partial charge in [0.25, 0.3) is 0 Å². The van der Waals surface area contributed by atoms with E-state index in [0.29, 0.717) is 13.1 Å². The van der Waals surface area contributed by atoms with E-state index in [0.717, 1.165) is 55.4 Å². The van der Waals surface area contributed by atoms with Crippen molar-refractivity contribution in [3.8, 4) is 0 Å². The Labute approximate surface area is 163 Å². The van der Waals surface area contributed by atoms with Gasteiger partial charge in [0, 0.05) is 55.4 Å². The number of nitrogens with one attached hydrogen (secondary N) is 2. The molecular weight excluding hydrogens is 362 g/mol. The van der Waals surface area contributed by atoms with Crippen LogP contribution in [0.1, 0.15) is 47.8 Å². The minimum atomic E-state index is -0.0786. The van der Waals surface area contributed by atoms with Gasteiger partial charge in [0.05, 0.1) is 22.6 Å². The van der Waals surface area contributed by atoms with Crippen LogP contribution in [-0.2, 0) is 28.0 Å². The molecule has 27 heavy (non-hydrogen) atoms. The van der Waals surface area contributed by atoms with Crippen LogP contribution in [0.5, 0.6) is 0 Å². The molecule has 1 spiro atoms. The summed E-state index contributed by atoms with van der Waals surface area (Å²) in [6.45, 7) is 7.44. The average Bonchev–Trinajstić information content (AvgIpc) is 3.28. The highest BCUT2D eigenvalue weighted by molar-refractivity contribution is 7.09. The second-order valence-electron chi connectivity index (χ2n) is 7.57. The molecule has 1 amide bonds. The predicted molar refractivity (Wildman–Crippen MR) is 104 cm³/mol. The van der Waals surface area contributed by atoms with Crippen molar-refractivity contribution in [2.24, 2.45) is 0 Å². The van der Waals surface area contributed by atoms with E-state index in [9.17, 15) is 4.79 Å². The molecule has 8 heteroatoms. The van der Waals surface area contributed by atoms with Gasteiger partial charge in [0.15, 0.2) is 0 Å². The molecule has 0 radical (unpaired) electrons. The predicted octanol–water partition coefficient (Wildman–Crippen LogP) is 1.72. The molecule has 4 rings (SSSR count). The van der Waals surface area contributed by atoms with Gasteiger partial charge in [-0.25, -0.2) is 9.97 Å². The lowest BCUT2D eigenvalue weighted by molar-refractivity contribution is -0.121. The van der Waals surface area contributed by atoms with Gasteiger partial charge in [-0.05, 0) is 19.8 Å². The van der Waals surface area contributed by atoms with Crippen LogP contribution in [0.4, 0.5) is 0 Å². The van der Waals surface area contributed by atoms with Crippen molar-refractivity contribution >= 4 is 17.2 Å². The maximum absolute atomic E-state index is 12.5. The summed E-state index contributed by atoms with van der Waals surface area (Å²) in [7, 11) is 0. The SMILES string of the molecule is Cc1csc(C(C)CNC(=O)Cn2cnc3c2CCNC32CCOCC2)n1. The van der Waals surface area contributed by atoms with E-state index in [2.05, 4.69) is 27.5 Å². The summed E-state index contributed by atoms with van der Waals surface area (Å²) in [4.78, 5) is 21.7. The standard InChI is InChI=1S/C19H27N5O2S/c1-13(18-23-14(2)11-27-18)9-20-16(25)10-24-12-21-17-15(24)3-6-22-19(17)4-7-26-8-5-19/h11-13,22H,3-10H2,1-2H3,(H,20,25). The van der Waals surface area contributed by atoms with Crippen molar-refractivity contribution < 1.29 is 9.53 Å². The first kappa shape index (κ1) is 18.6. The van der Waals surface area contributed by atoms with Gasteiger partial charge in [0.2, 0.25) is 5.91 Å². The number of carbonyl (C=O) groups excluding carboxylic acids is 1. The third kappa shape index (κ3) is 3.79. The van der Waals surface area contributed by atoms with Crippen LogP contribution in [0.25, 0.3) is 0 Å². The number of aryl methyl sites for hydroxylation is 1. The Morgan fingerprint density at radius 2 is 2.30 bits per heavy atom. The molecule has 2 aliphatic heterocycles. The monoisotopic (exact) mass is 389 g/mol. The van der Waals surface area contributed by atoms with Crippen LogP contribution in [0.3, 0.4) is 0 Å². The van der Waals surface area contributed by atoms with E-state index in [1.807, 2.05) is 23.2 Å². The molecule has 7 nitrogen and oxygen atoms in total. The van der Waals surface area contributed by atoms with E-state index in [1.165, 1.54) is 5.69 Å². The lowest BCUT2D eigenvalue weighted by Crippen LogP contribution is -2.51. The molecule has 1 unspecified atom stereocenters. The van der Waals surface area contributed by atoms with Gasteiger partial charge in [-0.3, -0.25) is 4.79 Å². The summed E-state index contributed by atoms with van der Waals surface area (Å²) in [6, 6.07) is 0. The summed E-state index contributed by atoms with van der Waals surface area (Å²) in [5.74, 6) is 0.244. The maximum Gasteiger partial charge on any atom is 0.240 e. The maximum atomic E-state index is 12.5. The number of imidazole rings is 1. The summed E-state index contributed by atoms with van der Waals surface area (Å²) in [5, 5.41) is 9.82. The van der Waals surface area contributed by atoms with Gasteiger partial charge in [-0.1, -0.05) is 6.92 Å². The number of nitrogens with zero attached hydrogens (tertiary/aromatic N) is 3. The quantitative estimate of drug-likeness (QED) is 0.814. The zero-order valence-electron chi connectivity index (χ0n) is 16.0. The van der Waals surface area contributed by atoms with E-state index < -0.39 is 0 Å². The number of thiazole rings is 1. The van der Waals surface area contributed by atoms with Crippen molar-refractivity contribution in [3.05, 3.63) is 33.8 Å². The molecule has 1 atom stereocenters. The Hall–Kier alpha value is -1.77. The summed E-state index contributed by atoms with van der Waals surface area (Å²) < 4.78 is 7.55. The number of hydrogen-bond donors (Lipinski definition) is 2. The lowest BCUT2D eigenvalue weighted by Gasteiger charge is -2.40. The molecule has 4 heterocycles. The molecule has 2 aromatic heterocycles. The number of ether oxygens (including phenoxy) is 1. The topological polar surface area (TPSA) is 81.1 Å². The number of fused-ring (bicyclic) bond motifs is 2. The van der Waals surface area contributed by atoms with Crippen molar-refractivity contribution in [1.29, 1.82) is 0 Å². The fraction of sp³-hybridized carbons (Fsp3) is 0.632. The number of hydrogen-bond acceptors (Lipinski definition) is 6. The highest BCUT2D eigenvalue weighted by Crippen LogP contribution is 2.35. The minimum Gasteiger partial charge on any atom is -0.381 e. The molecular formula is C19H27N5O2S.